The molecule has 1 aromatic carbocycles. The minimum absolute atomic E-state index is 0.153. The van der Waals surface area contributed by atoms with Crippen LogP contribution in [0.4, 0.5) is 0 Å². The Kier molecular flexibility index (Phi) is 2.84. The fourth-order valence-corrected chi connectivity index (χ4v) is 1.73. The smallest absolute Gasteiger partial charge is 0.235 e. The van der Waals surface area contributed by atoms with E-state index in [9.17, 15) is 4.79 Å². The summed E-state index contributed by atoms with van der Waals surface area (Å²) in [6.45, 7) is 2.64. The van der Waals surface area contributed by atoms with Crippen LogP contribution in [0.15, 0.2) is 29.3 Å². The van der Waals surface area contributed by atoms with E-state index in [0.717, 1.165) is 12.2 Å². The third-order valence-corrected chi connectivity index (χ3v) is 2.59. The van der Waals surface area contributed by atoms with Crippen molar-refractivity contribution < 1.29 is 9.53 Å². The fraction of sp³-hybridized carbons (Fsp3) is 0.417. The van der Waals surface area contributed by atoms with Crippen LogP contribution in [-0.2, 0) is 4.79 Å². The van der Waals surface area contributed by atoms with E-state index in [1.807, 2.05) is 31.2 Å². The molecule has 1 fully saturated rings. The maximum atomic E-state index is 10.1. The van der Waals surface area contributed by atoms with Gasteiger partial charge in [-0.3, -0.25) is 0 Å². The van der Waals surface area contributed by atoms with Gasteiger partial charge in [0.15, 0.2) is 0 Å². The van der Waals surface area contributed by atoms with E-state index in [1.165, 1.54) is 5.56 Å². The SMILES string of the molecule is CCOc1ccc(C2CC2N=C=O)cc1. The van der Waals surface area contributed by atoms with Crippen LogP contribution in [0.25, 0.3) is 0 Å². The van der Waals surface area contributed by atoms with Gasteiger partial charge in [-0.25, -0.2) is 9.79 Å². The molecule has 1 saturated carbocycles. The van der Waals surface area contributed by atoms with E-state index in [2.05, 4.69) is 4.99 Å². The second-order valence-electron chi connectivity index (χ2n) is 3.63. The van der Waals surface area contributed by atoms with Gasteiger partial charge in [0.25, 0.3) is 0 Å². The first kappa shape index (κ1) is 9.94. The Hall–Kier alpha value is -1.60. The first-order valence-electron chi connectivity index (χ1n) is 5.15. The van der Waals surface area contributed by atoms with Gasteiger partial charge in [0.2, 0.25) is 6.08 Å². The Morgan fingerprint density at radius 1 is 1.47 bits per heavy atom. The zero-order valence-electron chi connectivity index (χ0n) is 8.64. The fourth-order valence-electron chi connectivity index (χ4n) is 1.73. The molecule has 0 bridgehead atoms. The van der Waals surface area contributed by atoms with Crippen LogP contribution in [0.5, 0.6) is 5.75 Å². The number of hydrogen-bond donors (Lipinski definition) is 0. The van der Waals surface area contributed by atoms with Crippen LogP contribution in [0.1, 0.15) is 24.8 Å². The van der Waals surface area contributed by atoms with Gasteiger partial charge in [0.05, 0.1) is 12.6 Å². The average molecular weight is 203 g/mol. The maximum Gasteiger partial charge on any atom is 0.235 e. The van der Waals surface area contributed by atoms with Crippen LogP contribution in [0, 0.1) is 0 Å². The molecule has 3 nitrogen and oxygen atoms in total. The van der Waals surface area contributed by atoms with E-state index >= 15 is 0 Å². The minimum Gasteiger partial charge on any atom is -0.494 e. The zero-order valence-corrected chi connectivity index (χ0v) is 8.64. The Bertz CT molecular complexity index is 379. The summed E-state index contributed by atoms with van der Waals surface area (Å²) in [6.07, 6.45) is 2.57. The zero-order chi connectivity index (χ0) is 10.7. The van der Waals surface area contributed by atoms with Crippen LogP contribution in [0.2, 0.25) is 0 Å². The number of nitrogens with zero attached hydrogens (tertiary/aromatic N) is 1. The normalized spacial score (nSPS) is 23.0. The molecule has 0 saturated heterocycles. The lowest BCUT2D eigenvalue weighted by Gasteiger charge is -2.03. The summed E-state index contributed by atoms with van der Waals surface area (Å²) in [7, 11) is 0. The van der Waals surface area contributed by atoms with Crippen LogP contribution in [0.3, 0.4) is 0 Å². The van der Waals surface area contributed by atoms with Crippen molar-refractivity contribution in [3.8, 4) is 5.75 Å². The predicted octanol–water partition coefficient (Wildman–Crippen LogP) is 2.28. The Morgan fingerprint density at radius 2 is 2.20 bits per heavy atom. The summed E-state index contributed by atoms with van der Waals surface area (Å²) in [4.78, 5) is 13.8. The monoisotopic (exact) mass is 203 g/mol. The Labute approximate surface area is 88.8 Å². The molecule has 0 N–H and O–H groups in total. The lowest BCUT2D eigenvalue weighted by molar-refractivity contribution is 0.340. The highest BCUT2D eigenvalue weighted by Crippen LogP contribution is 2.43. The van der Waals surface area contributed by atoms with Crippen molar-refractivity contribution in [2.24, 2.45) is 4.99 Å². The van der Waals surface area contributed by atoms with Gasteiger partial charge in [-0.05, 0) is 31.0 Å². The van der Waals surface area contributed by atoms with Gasteiger partial charge in [0, 0.05) is 5.92 Å². The second-order valence-corrected chi connectivity index (χ2v) is 3.63. The molecule has 0 aliphatic heterocycles. The molecular weight excluding hydrogens is 190 g/mol. The highest BCUT2D eigenvalue weighted by atomic mass is 16.5. The average Bonchev–Trinajstić information content (AvgIpc) is 3.00. The first-order valence-corrected chi connectivity index (χ1v) is 5.15. The number of ether oxygens (including phenoxy) is 1. The molecule has 78 valence electrons. The van der Waals surface area contributed by atoms with Crippen molar-refractivity contribution in [1.82, 2.24) is 0 Å². The topological polar surface area (TPSA) is 38.7 Å². The van der Waals surface area contributed by atoms with Crippen LogP contribution >= 0.6 is 0 Å². The molecule has 1 aromatic rings. The van der Waals surface area contributed by atoms with E-state index in [0.29, 0.717) is 12.5 Å². The molecule has 2 rings (SSSR count). The van der Waals surface area contributed by atoms with Crippen molar-refractivity contribution in [3.05, 3.63) is 29.8 Å². The molecule has 0 spiro atoms. The van der Waals surface area contributed by atoms with Gasteiger partial charge < -0.3 is 4.74 Å². The molecule has 2 unspecified atom stereocenters. The maximum absolute atomic E-state index is 10.1. The third kappa shape index (κ3) is 2.25. The molecular formula is C12H13NO2. The highest BCUT2D eigenvalue weighted by Gasteiger charge is 2.38. The molecule has 2 atom stereocenters. The van der Waals surface area contributed by atoms with E-state index in [1.54, 1.807) is 6.08 Å². The number of isocyanates is 1. The molecule has 0 radical (unpaired) electrons. The van der Waals surface area contributed by atoms with Crippen molar-refractivity contribution in [2.45, 2.75) is 25.3 Å². The summed E-state index contributed by atoms with van der Waals surface area (Å²) in [5.41, 5.74) is 1.22. The molecule has 15 heavy (non-hydrogen) atoms. The Morgan fingerprint density at radius 3 is 2.80 bits per heavy atom. The van der Waals surface area contributed by atoms with Gasteiger partial charge >= 0.3 is 0 Å². The largest absolute Gasteiger partial charge is 0.494 e. The van der Waals surface area contributed by atoms with Crippen molar-refractivity contribution in [3.63, 3.8) is 0 Å². The molecule has 3 heteroatoms. The molecule has 1 aliphatic carbocycles. The van der Waals surface area contributed by atoms with Gasteiger partial charge in [-0.1, -0.05) is 12.1 Å². The first-order chi connectivity index (χ1) is 7.35. The summed E-state index contributed by atoms with van der Waals surface area (Å²) < 4.78 is 5.35. The van der Waals surface area contributed by atoms with Gasteiger partial charge in [0.1, 0.15) is 5.75 Å². The molecule has 1 aliphatic rings. The lowest BCUT2D eigenvalue weighted by atomic mass is 10.1. The quantitative estimate of drug-likeness (QED) is 0.556. The second kappa shape index (κ2) is 4.28. The molecule has 0 amide bonds. The van der Waals surface area contributed by atoms with Crippen molar-refractivity contribution in [1.29, 1.82) is 0 Å². The lowest BCUT2D eigenvalue weighted by Crippen LogP contribution is -1.91. The summed E-state index contributed by atoms with van der Waals surface area (Å²) in [5.74, 6) is 1.29. The number of rotatable bonds is 4. The van der Waals surface area contributed by atoms with Crippen molar-refractivity contribution >= 4 is 6.08 Å². The van der Waals surface area contributed by atoms with Crippen LogP contribution in [-0.4, -0.2) is 18.7 Å². The third-order valence-electron chi connectivity index (χ3n) is 2.59. The molecule has 0 heterocycles. The van der Waals surface area contributed by atoms with E-state index in [4.69, 9.17) is 4.74 Å². The van der Waals surface area contributed by atoms with Gasteiger partial charge in [-0.15, -0.1) is 0 Å². The van der Waals surface area contributed by atoms with Crippen LogP contribution < -0.4 is 4.74 Å². The molecule has 0 aromatic heterocycles. The summed E-state index contributed by atoms with van der Waals surface area (Å²) in [5, 5.41) is 0. The standard InChI is InChI=1S/C12H13NO2/c1-2-15-10-5-3-9(4-6-10)11-7-12(11)13-8-14/h3-6,11-12H,2,7H2,1H3. The summed E-state index contributed by atoms with van der Waals surface area (Å²) in [6, 6.07) is 8.14. The number of carbonyl (C=O) groups excluding carboxylic acids is 1. The van der Waals surface area contributed by atoms with E-state index in [-0.39, 0.29) is 6.04 Å². The number of hydrogen-bond acceptors (Lipinski definition) is 3. The summed E-state index contributed by atoms with van der Waals surface area (Å²) >= 11 is 0. The van der Waals surface area contributed by atoms with E-state index < -0.39 is 0 Å². The predicted molar refractivity (Wildman–Crippen MR) is 56.9 cm³/mol. The minimum atomic E-state index is 0.153. The Balaban J connectivity index is 2.02. The van der Waals surface area contributed by atoms with Gasteiger partial charge in [-0.2, -0.15) is 0 Å². The van der Waals surface area contributed by atoms with Crippen molar-refractivity contribution in [2.75, 3.05) is 6.61 Å². The number of aliphatic imine (C=N–C) groups is 1. The number of benzene rings is 1. The highest BCUT2D eigenvalue weighted by molar-refractivity contribution is 5.39.